The predicted octanol–water partition coefficient (Wildman–Crippen LogP) is 5.25. The van der Waals surface area contributed by atoms with E-state index in [1.165, 1.54) is 0 Å². The molecule has 2 aromatic carbocycles. The van der Waals surface area contributed by atoms with Gasteiger partial charge in [-0.05, 0) is 66.8 Å². The number of hydrogen-bond acceptors (Lipinski definition) is 5. The number of hydrogen-bond donors (Lipinski definition) is 1. The van der Waals surface area contributed by atoms with Gasteiger partial charge in [-0.15, -0.1) is 0 Å². The topological polar surface area (TPSA) is 63.4 Å². The molecule has 152 valence electrons. The molecule has 1 heterocycles. The molecule has 0 aromatic heterocycles. The van der Waals surface area contributed by atoms with E-state index in [9.17, 15) is 5.11 Å². The van der Waals surface area contributed by atoms with Crippen LogP contribution in [0.1, 0.15) is 42.9 Å². The molecule has 0 bridgehead atoms. The first-order chi connectivity index (χ1) is 14.1. The first-order valence-corrected chi connectivity index (χ1v) is 10.1. The van der Waals surface area contributed by atoms with Gasteiger partial charge in [0.1, 0.15) is 5.75 Å². The predicted molar refractivity (Wildman–Crippen MR) is 118 cm³/mol. The Labute approximate surface area is 176 Å². The van der Waals surface area contributed by atoms with Gasteiger partial charge in [-0.1, -0.05) is 30.7 Å². The van der Waals surface area contributed by atoms with Crippen molar-refractivity contribution < 1.29 is 14.6 Å². The van der Waals surface area contributed by atoms with Gasteiger partial charge in [-0.3, -0.25) is 0 Å². The molecule has 0 saturated carbocycles. The summed E-state index contributed by atoms with van der Waals surface area (Å²) in [6.07, 6.45) is 4.48. The van der Waals surface area contributed by atoms with Gasteiger partial charge in [0.15, 0.2) is 0 Å². The number of amidine groups is 1. The minimum Gasteiger partial charge on any atom is -0.494 e. The number of aliphatic hydroxyl groups excluding tert-OH is 1. The van der Waals surface area contributed by atoms with E-state index in [0.29, 0.717) is 17.3 Å². The monoisotopic (exact) mass is 412 g/mol. The molecule has 2 aromatic rings. The highest BCUT2D eigenvalue weighted by molar-refractivity contribution is 6.32. The van der Waals surface area contributed by atoms with Crippen LogP contribution in [-0.2, 0) is 11.3 Å². The normalized spacial score (nSPS) is 16.1. The minimum absolute atomic E-state index is 0.0570. The fourth-order valence-corrected chi connectivity index (χ4v) is 3.21. The van der Waals surface area contributed by atoms with Crippen molar-refractivity contribution in [3.8, 4) is 5.75 Å². The second kappa shape index (κ2) is 10.2. The van der Waals surface area contributed by atoms with Gasteiger partial charge in [0, 0.05) is 10.6 Å². The van der Waals surface area contributed by atoms with Crippen molar-refractivity contribution >= 4 is 29.0 Å². The maximum atomic E-state index is 9.42. The molecule has 0 aliphatic carbocycles. The highest BCUT2D eigenvalue weighted by Crippen LogP contribution is 2.28. The van der Waals surface area contributed by atoms with Crippen LogP contribution >= 0.6 is 11.6 Å². The van der Waals surface area contributed by atoms with E-state index in [4.69, 9.17) is 21.1 Å². The van der Waals surface area contributed by atoms with Crippen molar-refractivity contribution in [1.29, 1.82) is 0 Å². The second-order valence-electron chi connectivity index (χ2n) is 6.63. The number of halogens is 1. The van der Waals surface area contributed by atoms with Crippen molar-refractivity contribution in [3.63, 3.8) is 0 Å². The van der Waals surface area contributed by atoms with Crippen LogP contribution in [0, 0.1) is 0 Å². The van der Waals surface area contributed by atoms with E-state index in [0.717, 1.165) is 47.4 Å². The molecule has 0 fully saturated rings. The van der Waals surface area contributed by atoms with Crippen LogP contribution in [0.4, 0.5) is 0 Å². The van der Waals surface area contributed by atoms with Gasteiger partial charge in [0.25, 0.3) is 0 Å². The van der Waals surface area contributed by atoms with Crippen molar-refractivity contribution in [2.75, 3.05) is 13.7 Å². The van der Waals surface area contributed by atoms with Crippen LogP contribution < -0.4 is 4.74 Å². The number of nitrogens with zero attached hydrogens (tertiary/aromatic N) is 2. The van der Waals surface area contributed by atoms with Crippen LogP contribution in [0.3, 0.4) is 0 Å². The van der Waals surface area contributed by atoms with E-state index >= 15 is 0 Å². The molecule has 0 saturated heterocycles. The van der Waals surface area contributed by atoms with Gasteiger partial charge in [0.2, 0.25) is 0 Å². The highest BCUT2D eigenvalue weighted by Gasteiger charge is 2.14. The molecule has 29 heavy (non-hydrogen) atoms. The first kappa shape index (κ1) is 21.1. The van der Waals surface area contributed by atoms with Crippen molar-refractivity contribution in [2.24, 2.45) is 9.98 Å². The summed E-state index contributed by atoms with van der Waals surface area (Å²) in [5.74, 6) is 0.850. The zero-order chi connectivity index (χ0) is 20.6. The Bertz CT molecular complexity index is 934. The molecular formula is C23H25ClN2O3. The fourth-order valence-electron chi connectivity index (χ4n) is 2.99. The third kappa shape index (κ3) is 5.46. The Morgan fingerprint density at radius 2 is 1.90 bits per heavy atom. The number of allylic oxidation sites excluding steroid dienone is 1. The number of aliphatic imine (C=N–C) groups is 2. The molecule has 6 heteroatoms. The van der Waals surface area contributed by atoms with Crippen LogP contribution in [0.25, 0.3) is 5.70 Å². The third-order valence-electron chi connectivity index (χ3n) is 4.50. The van der Waals surface area contributed by atoms with Crippen LogP contribution in [0.5, 0.6) is 5.75 Å². The van der Waals surface area contributed by atoms with Crippen LogP contribution in [-0.4, -0.2) is 30.6 Å². The van der Waals surface area contributed by atoms with E-state index in [1.54, 1.807) is 19.2 Å². The molecule has 0 atom stereocenters. The second-order valence-corrected chi connectivity index (χ2v) is 7.04. The molecule has 3 rings (SSSR count). The summed E-state index contributed by atoms with van der Waals surface area (Å²) in [7, 11) is 1.55. The minimum atomic E-state index is -0.0570. The van der Waals surface area contributed by atoms with Crippen molar-refractivity contribution in [1.82, 2.24) is 0 Å². The Morgan fingerprint density at radius 1 is 1.10 bits per heavy atom. The Balaban J connectivity index is 1.89. The Kier molecular flexibility index (Phi) is 7.44. The largest absolute Gasteiger partial charge is 0.494 e. The molecule has 1 aliphatic heterocycles. The number of ether oxygens (including phenoxy) is 2. The summed E-state index contributed by atoms with van der Waals surface area (Å²) in [6, 6.07) is 13.6. The zero-order valence-corrected chi connectivity index (χ0v) is 17.4. The van der Waals surface area contributed by atoms with Crippen LogP contribution in [0.15, 0.2) is 58.5 Å². The molecular weight excluding hydrogens is 388 g/mol. The molecule has 0 unspecified atom stereocenters. The lowest BCUT2D eigenvalue weighted by Gasteiger charge is -2.13. The van der Waals surface area contributed by atoms with Gasteiger partial charge < -0.3 is 14.6 Å². The molecule has 1 N–H and O–H groups in total. The summed E-state index contributed by atoms with van der Waals surface area (Å²) in [4.78, 5) is 9.21. The summed E-state index contributed by atoms with van der Waals surface area (Å²) >= 11 is 6.37. The summed E-state index contributed by atoms with van der Waals surface area (Å²) in [5, 5.41) is 9.99. The fraction of sp³-hybridized carbons (Fsp3) is 0.304. The first-order valence-electron chi connectivity index (χ1n) is 9.68. The Morgan fingerprint density at radius 3 is 2.59 bits per heavy atom. The summed E-state index contributed by atoms with van der Waals surface area (Å²) in [6.45, 7) is 2.73. The molecule has 0 radical (unpaired) electrons. The number of benzene rings is 2. The lowest BCUT2D eigenvalue weighted by atomic mass is 10.0. The quantitative estimate of drug-likeness (QED) is 0.704. The standard InChI is InChI=1S/C23H25ClN2O3/c1-3-13-29-18-10-8-17(9-11-18)21-5-4-6-22(26-23(25-21)28-2)19-14-16(15-27)7-12-20(19)24/h6-12,14,27H,3-5,13,15H2,1-2H3/b22-6+,25-21?,26-23?. The van der Waals surface area contributed by atoms with Crippen LogP contribution in [0.2, 0.25) is 5.02 Å². The average Bonchev–Trinajstić information content (AvgIpc) is 2.73. The van der Waals surface area contributed by atoms with E-state index in [1.807, 2.05) is 36.4 Å². The van der Waals surface area contributed by atoms with E-state index in [-0.39, 0.29) is 12.6 Å². The average molecular weight is 413 g/mol. The van der Waals surface area contributed by atoms with Gasteiger partial charge >= 0.3 is 6.02 Å². The lowest BCUT2D eigenvalue weighted by Crippen LogP contribution is -2.09. The number of aliphatic hydroxyl groups is 1. The van der Waals surface area contributed by atoms with E-state index < -0.39 is 0 Å². The molecule has 0 spiro atoms. The number of methoxy groups -OCH3 is 1. The molecule has 0 amide bonds. The number of rotatable bonds is 6. The summed E-state index contributed by atoms with van der Waals surface area (Å²) in [5.41, 5.74) is 4.13. The molecule has 5 nitrogen and oxygen atoms in total. The van der Waals surface area contributed by atoms with Crippen molar-refractivity contribution in [2.45, 2.75) is 32.8 Å². The highest BCUT2D eigenvalue weighted by atomic mass is 35.5. The molecule has 1 aliphatic rings. The van der Waals surface area contributed by atoms with Gasteiger partial charge in [0.05, 0.1) is 31.7 Å². The third-order valence-corrected chi connectivity index (χ3v) is 4.83. The maximum absolute atomic E-state index is 9.42. The van der Waals surface area contributed by atoms with Gasteiger partial charge in [-0.25, -0.2) is 0 Å². The SMILES string of the molecule is CCCOc1ccc(C2=NC(OC)=N/C(c3cc(CO)ccc3Cl)=C/CC2)cc1. The van der Waals surface area contributed by atoms with E-state index in [2.05, 4.69) is 16.9 Å². The summed E-state index contributed by atoms with van der Waals surface area (Å²) < 4.78 is 11.1. The lowest BCUT2D eigenvalue weighted by molar-refractivity contribution is 0.282. The zero-order valence-electron chi connectivity index (χ0n) is 16.7. The smallest absolute Gasteiger partial charge is 0.316 e. The Hall–Kier alpha value is -2.63. The van der Waals surface area contributed by atoms with Crippen molar-refractivity contribution in [3.05, 3.63) is 70.3 Å². The van der Waals surface area contributed by atoms with Gasteiger partial charge in [-0.2, -0.15) is 9.98 Å². The maximum Gasteiger partial charge on any atom is 0.316 e.